The summed E-state index contributed by atoms with van der Waals surface area (Å²) in [7, 11) is 0. The van der Waals surface area contributed by atoms with Crippen molar-refractivity contribution < 1.29 is 0 Å². The quantitative estimate of drug-likeness (QED) is 0.529. The highest BCUT2D eigenvalue weighted by Crippen LogP contribution is 2.59. The summed E-state index contributed by atoms with van der Waals surface area (Å²) in [4.78, 5) is 0. The smallest absolute Gasteiger partial charge is 0.0671 e. The van der Waals surface area contributed by atoms with Crippen molar-refractivity contribution in [3.05, 3.63) is 0 Å². The Labute approximate surface area is 73.7 Å². The lowest BCUT2D eigenvalue weighted by Gasteiger charge is -2.33. The van der Waals surface area contributed by atoms with Gasteiger partial charge in [-0.3, -0.25) is 0 Å². The maximum Gasteiger partial charge on any atom is 0.0671 e. The van der Waals surface area contributed by atoms with Crippen molar-refractivity contribution in [3.63, 3.8) is 0 Å². The van der Waals surface area contributed by atoms with E-state index in [1.165, 1.54) is 25.7 Å². The lowest BCUT2D eigenvalue weighted by atomic mass is 9.78. The van der Waals surface area contributed by atoms with E-state index in [4.69, 9.17) is 11.5 Å². The second-order valence-corrected chi connectivity index (χ2v) is 5.17. The molecular formula is C10H18N2. The zero-order chi connectivity index (χ0) is 8.34. The summed E-state index contributed by atoms with van der Waals surface area (Å²) in [5, 5.41) is 0. The normalized spacial score (nSPS) is 54.5. The predicted octanol–water partition coefficient (Wildman–Crippen LogP) is 1.06. The van der Waals surface area contributed by atoms with Gasteiger partial charge >= 0.3 is 0 Å². The van der Waals surface area contributed by atoms with Crippen molar-refractivity contribution in [3.8, 4) is 0 Å². The second kappa shape index (κ2) is 2.05. The summed E-state index contributed by atoms with van der Waals surface area (Å²) in [5.74, 6) is 3.46. The van der Waals surface area contributed by atoms with Crippen molar-refractivity contribution in [2.75, 3.05) is 0 Å². The Morgan fingerprint density at radius 2 is 1.75 bits per heavy atom. The predicted molar refractivity (Wildman–Crippen MR) is 48.2 cm³/mol. The number of fused-ring (bicyclic) bond motifs is 5. The Hall–Kier alpha value is -0.0800. The first-order chi connectivity index (χ1) is 5.68. The standard InChI is InChI=1S/C10H18N2/c11-10(12)4-3-8-6-1-2-7(5-6)9(8)10/h6-9H,1-5,11-12H2. The summed E-state index contributed by atoms with van der Waals surface area (Å²) >= 11 is 0. The van der Waals surface area contributed by atoms with Crippen LogP contribution in [0.5, 0.6) is 0 Å². The van der Waals surface area contributed by atoms with E-state index in [0.29, 0.717) is 5.92 Å². The fourth-order valence-corrected chi connectivity index (χ4v) is 4.25. The van der Waals surface area contributed by atoms with Crippen LogP contribution in [0, 0.1) is 23.7 Å². The molecule has 4 unspecified atom stereocenters. The summed E-state index contributed by atoms with van der Waals surface area (Å²) < 4.78 is 0. The van der Waals surface area contributed by atoms with Crippen LogP contribution in [0.3, 0.4) is 0 Å². The Morgan fingerprint density at radius 3 is 2.50 bits per heavy atom. The number of nitrogens with two attached hydrogens (primary N) is 2. The molecule has 0 aromatic rings. The maximum absolute atomic E-state index is 6.13. The van der Waals surface area contributed by atoms with Gasteiger partial charge in [-0.2, -0.15) is 0 Å². The average Bonchev–Trinajstić information content (AvgIpc) is 2.61. The first kappa shape index (κ1) is 7.34. The molecule has 2 bridgehead atoms. The lowest BCUT2D eigenvalue weighted by molar-refractivity contribution is 0.188. The topological polar surface area (TPSA) is 52.0 Å². The highest BCUT2D eigenvalue weighted by molar-refractivity contribution is 5.08. The highest BCUT2D eigenvalue weighted by atomic mass is 15.0. The molecule has 3 fully saturated rings. The van der Waals surface area contributed by atoms with Crippen molar-refractivity contribution in [1.29, 1.82) is 0 Å². The zero-order valence-corrected chi connectivity index (χ0v) is 7.50. The van der Waals surface area contributed by atoms with Gasteiger partial charge in [0.2, 0.25) is 0 Å². The van der Waals surface area contributed by atoms with Gasteiger partial charge < -0.3 is 11.5 Å². The Kier molecular flexibility index (Phi) is 1.25. The highest BCUT2D eigenvalue weighted by Gasteiger charge is 2.57. The molecule has 3 aliphatic carbocycles. The fraction of sp³-hybridized carbons (Fsp3) is 1.00. The van der Waals surface area contributed by atoms with E-state index >= 15 is 0 Å². The molecule has 3 saturated carbocycles. The largest absolute Gasteiger partial charge is 0.313 e. The van der Waals surface area contributed by atoms with Crippen LogP contribution in [0.2, 0.25) is 0 Å². The van der Waals surface area contributed by atoms with Crippen LogP contribution in [-0.4, -0.2) is 5.66 Å². The third kappa shape index (κ3) is 0.728. The number of hydrogen-bond donors (Lipinski definition) is 2. The van der Waals surface area contributed by atoms with Crippen LogP contribution in [-0.2, 0) is 0 Å². The Morgan fingerprint density at radius 1 is 1.00 bits per heavy atom. The summed E-state index contributed by atoms with van der Waals surface area (Å²) in [6.45, 7) is 0. The molecule has 12 heavy (non-hydrogen) atoms. The Balaban J connectivity index is 1.95. The van der Waals surface area contributed by atoms with Crippen LogP contribution in [0.25, 0.3) is 0 Å². The van der Waals surface area contributed by atoms with Gasteiger partial charge in [-0.1, -0.05) is 0 Å². The molecule has 4 N–H and O–H groups in total. The van der Waals surface area contributed by atoms with Crippen molar-refractivity contribution in [2.24, 2.45) is 35.1 Å². The number of rotatable bonds is 0. The van der Waals surface area contributed by atoms with E-state index < -0.39 is 0 Å². The maximum atomic E-state index is 6.13. The van der Waals surface area contributed by atoms with E-state index in [-0.39, 0.29) is 5.66 Å². The van der Waals surface area contributed by atoms with Crippen LogP contribution in [0.4, 0.5) is 0 Å². The van der Waals surface area contributed by atoms with Gasteiger partial charge in [0.1, 0.15) is 0 Å². The van der Waals surface area contributed by atoms with Crippen LogP contribution < -0.4 is 11.5 Å². The molecule has 4 atom stereocenters. The second-order valence-electron chi connectivity index (χ2n) is 5.17. The average molecular weight is 166 g/mol. The van der Waals surface area contributed by atoms with Crippen molar-refractivity contribution in [1.82, 2.24) is 0 Å². The molecule has 0 heterocycles. The van der Waals surface area contributed by atoms with E-state index in [1.807, 2.05) is 0 Å². The fourth-order valence-electron chi connectivity index (χ4n) is 4.25. The monoisotopic (exact) mass is 166 g/mol. The minimum absolute atomic E-state index is 0.301. The summed E-state index contributed by atoms with van der Waals surface area (Å²) in [6, 6.07) is 0. The minimum Gasteiger partial charge on any atom is -0.313 e. The van der Waals surface area contributed by atoms with E-state index in [0.717, 1.165) is 24.2 Å². The molecule has 2 heteroatoms. The molecule has 68 valence electrons. The lowest BCUT2D eigenvalue weighted by Crippen LogP contribution is -2.54. The molecule has 2 nitrogen and oxygen atoms in total. The van der Waals surface area contributed by atoms with Gasteiger partial charge in [-0.25, -0.2) is 0 Å². The first-order valence-corrected chi connectivity index (χ1v) is 5.26. The minimum atomic E-state index is -0.301. The third-order valence-electron chi connectivity index (χ3n) is 4.62. The number of hydrogen-bond acceptors (Lipinski definition) is 2. The molecule has 0 radical (unpaired) electrons. The molecule has 0 spiro atoms. The van der Waals surface area contributed by atoms with Crippen LogP contribution in [0.15, 0.2) is 0 Å². The molecule has 0 aromatic carbocycles. The van der Waals surface area contributed by atoms with E-state index in [2.05, 4.69) is 0 Å². The molecule has 0 aromatic heterocycles. The van der Waals surface area contributed by atoms with Gasteiger partial charge in [0.15, 0.2) is 0 Å². The molecule has 0 aliphatic heterocycles. The summed E-state index contributed by atoms with van der Waals surface area (Å²) in [6.07, 6.45) is 6.67. The zero-order valence-electron chi connectivity index (χ0n) is 7.50. The van der Waals surface area contributed by atoms with Crippen LogP contribution in [0.1, 0.15) is 32.1 Å². The van der Waals surface area contributed by atoms with Gasteiger partial charge in [-0.15, -0.1) is 0 Å². The Bertz CT molecular complexity index is 212. The first-order valence-electron chi connectivity index (χ1n) is 5.26. The SMILES string of the molecule is NC1(N)CCC2C3CCC(C3)C21. The third-order valence-corrected chi connectivity index (χ3v) is 4.62. The van der Waals surface area contributed by atoms with Crippen LogP contribution >= 0.6 is 0 Å². The molecule has 0 saturated heterocycles. The van der Waals surface area contributed by atoms with E-state index in [1.54, 1.807) is 0 Å². The van der Waals surface area contributed by atoms with Gasteiger partial charge in [0.25, 0.3) is 0 Å². The van der Waals surface area contributed by atoms with Gasteiger partial charge in [0.05, 0.1) is 5.66 Å². The van der Waals surface area contributed by atoms with Crippen molar-refractivity contribution in [2.45, 2.75) is 37.8 Å². The summed E-state index contributed by atoms with van der Waals surface area (Å²) in [5.41, 5.74) is 12.0. The van der Waals surface area contributed by atoms with Crippen molar-refractivity contribution >= 4 is 0 Å². The molecule has 3 rings (SSSR count). The van der Waals surface area contributed by atoms with E-state index in [9.17, 15) is 0 Å². The van der Waals surface area contributed by atoms with Gasteiger partial charge in [0, 0.05) is 0 Å². The molecular weight excluding hydrogens is 148 g/mol. The van der Waals surface area contributed by atoms with Gasteiger partial charge in [-0.05, 0) is 55.8 Å². The molecule has 0 amide bonds. The molecule has 3 aliphatic rings.